The lowest BCUT2D eigenvalue weighted by Crippen LogP contribution is -1.25. The number of hydrogen-bond donors (Lipinski definition) is 1. The molecule has 1 N–H and O–H groups in total. The molecule has 0 aromatic heterocycles. The van der Waals surface area contributed by atoms with Crippen LogP contribution in [0, 0.1) is 0 Å². The fraction of sp³-hybridized carbons (Fsp3) is 1.00. The van der Waals surface area contributed by atoms with Crippen LogP contribution in [-0.2, 0) is 0 Å². The SMILES string of the molecule is CO.[Al].[Mg]. The highest BCUT2D eigenvalue weighted by molar-refractivity contribution is 5.76. The minimum atomic E-state index is 0. The molecule has 0 atom stereocenters. The maximum atomic E-state index is 7.00. The van der Waals surface area contributed by atoms with Gasteiger partial charge in [-0.15, -0.1) is 0 Å². The molecule has 0 amide bonds. The van der Waals surface area contributed by atoms with Crippen LogP contribution >= 0.6 is 0 Å². The van der Waals surface area contributed by atoms with E-state index in [0.29, 0.717) is 0 Å². The maximum absolute atomic E-state index is 7.00. The van der Waals surface area contributed by atoms with Crippen molar-refractivity contribution in [1.29, 1.82) is 0 Å². The highest BCUT2D eigenvalue weighted by atomic mass is 27.0. The van der Waals surface area contributed by atoms with Crippen molar-refractivity contribution in [3.05, 3.63) is 0 Å². The molecule has 3 heteroatoms. The second-order valence-electron chi connectivity index (χ2n) is 0. The van der Waals surface area contributed by atoms with Gasteiger partial charge in [0.2, 0.25) is 0 Å². The molecule has 0 rings (SSSR count). The van der Waals surface area contributed by atoms with Crippen LogP contribution in [0.1, 0.15) is 0 Å². The van der Waals surface area contributed by atoms with E-state index in [-0.39, 0.29) is 40.4 Å². The quantitative estimate of drug-likeness (QED) is 0.367. The molecule has 0 aliphatic carbocycles. The summed E-state index contributed by atoms with van der Waals surface area (Å²) in [5.41, 5.74) is 0. The third kappa shape index (κ3) is 10.5. The van der Waals surface area contributed by atoms with E-state index in [2.05, 4.69) is 0 Å². The summed E-state index contributed by atoms with van der Waals surface area (Å²) in [6, 6.07) is 0. The minimum Gasteiger partial charge on any atom is -0.400 e. The van der Waals surface area contributed by atoms with E-state index in [0.717, 1.165) is 7.11 Å². The zero-order valence-electron chi connectivity index (χ0n) is 2.73. The molecule has 0 bridgehead atoms. The van der Waals surface area contributed by atoms with E-state index in [1.165, 1.54) is 0 Å². The molecule has 0 heterocycles. The van der Waals surface area contributed by atoms with E-state index in [4.69, 9.17) is 5.11 Å². The molecule has 0 saturated heterocycles. The van der Waals surface area contributed by atoms with Gasteiger partial charge in [0.05, 0.1) is 0 Å². The molecule has 19 valence electrons. The Morgan fingerprint density at radius 1 is 1.25 bits per heavy atom. The van der Waals surface area contributed by atoms with Crippen LogP contribution < -0.4 is 0 Å². The van der Waals surface area contributed by atoms with Gasteiger partial charge in [-0.1, -0.05) is 0 Å². The van der Waals surface area contributed by atoms with E-state index in [1.54, 1.807) is 0 Å². The van der Waals surface area contributed by atoms with Crippen molar-refractivity contribution in [2.24, 2.45) is 0 Å². The van der Waals surface area contributed by atoms with Crippen molar-refractivity contribution in [2.45, 2.75) is 0 Å². The molecule has 1 nitrogen and oxygen atoms in total. The van der Waals surface area contributed by atoms with E-state index < -0.39 is 0 Å². The summed E-state index contributed by atoms with van der Waals surface area (Å²) in [4.78, 5) is 0. The van der Waals surface area contributed by atoms with Crippen LogP contribution in [0.2, 0.25) is 0 Å². The second-order valence-corrected chi connectivity index (χ2v) is 0. The number of hydrogen-bond acceptors (Lipinski definition) is 1. The molecule has 0 aliphatic heterocycles. The van der Waals surface area contributed by atoms with Crippen molar-refractivity contribution in [3.63, 3.8) is 0 Å². The Balaban J connectivity index is -0.00000000500. The first-order valence-corrected chi connectivity index (χ1v) is 0.447. The van der Waals surface area contributed by atoms with Crippen molar-refractivity contribution < 1.29 is 5.11 Å². The molecule has 0 unspecified atom stereocenters. The number of aliphatic hydroxyl groups is 1. The van der Waals surface area contributed by atoms with Crippen LogP contribution in [0.15, 0.2) is 0 Å². The van der Waals surface area contributed by atoms with Gasteiger partial charge in [0.15, 0.2) is 0 Å². The Kier molecular flexibility index (Phi) is 133. The third-order valence-corrected chi connectivity index (χ3v) is 0. The molecule has 0 aliphatic rings. The summed E-state index contributed by atoms with van der Waals surface area (Å²) in [6.07, 6.45) is 0. The molecule has 5 radical (unpaired) electrons. The highest BCUT2D eigenvalue weighted by Gasteiger charge is 0.839. The summed E-state index contributed by atoms with van der Waals surface area (Å²) < 4.78 is 0. The third-order valence-electron chi connectivity index (χ3n) is 0. The first-order valence-electron chi connectivity index (χ1n) is 0.447. The van der Waals surface area contributed by atoms with Crippen LogP contribution in [0.3, 0.4) is 0 Å². The minimum absolute atomic E-state index is 0. The van der Waals surface area contributed by atoms with Gasteiger partial charge >= 0.3 is 0 Å². The smallest absolute Gasteiger partial charge is 0.0319 e. The average molecular weight is 83.3 g/mol. The lowest BCUT2D eigenvalue weighted by Gasteiger charge is -1.21. The average Bonchev–Trinajstić information content (AvgIpc) is 1.00. The molecule has 0 spiro atoms. The van der Waals surface area contributed by atoms with Crippen LogP contribution in [0.25, 0.3) is 0 Å². The Morgan fingerprint density at radius 2 is 1.25 bits per heavy atom. The summed E-state index contributed by atoms with van der Waals surface area (Å²) in [6.45, 7) is 0. The lowest BCUT2D eigenvalue weighted by molar-refractivity contribution is 0.399. The highest BCUT2D eigenvalue weighted by Crippen LogP contribution is 0.755. The van der Waals surface area contributed by atoms with Crippen molar-refractivity contribution in [2.75, 3.05) is 7.11 Å². The first kappa shape index (κ1) is 18.7. The van der Waals surface area contributed by atoms with Crippen molar-refractivity contribution in [1.82, 2.24) is 0 Å². The predicted octanol–water partition coefficient (Wildman–Crippen LogP) is -1.15. The normalized spacial score (nSPS) is 1.50. The maximum Gasteiger partial charge on any atom is 0.0319 e. The van der Waals surface area contributed by atoms with Gasteiger partial charge in [0, 0.05) is 47.5 Å². The van der Waals surface area contributed by atoms with Gasteiger partial charge < -0.3 is 5.11 Å². The number of aliphatic hydroxyl groups excluding tert-OH is 1. The van der Waals surface area contributed by atoms with Gasteiger partial charge in [-0.2, -0.15) is 0 Å². The van der Waals surface area contributed by atoms with Gasteiger partial charge in [0.25, 0.3) is 0 Å². The van der Waals surface area contributed by atoms with Crippen molar-refractivity contribution >= 4 is 40.4 Å². The van der Waals surface area contributed by atoms with E-state index in [9.17, 15) is 0 Å². The molecule has 0 fully saturated rings. The Hall–Kier alpha value is 1.26. The standard InChI is InChI=1S/CH4O.Al.Mg/c1-2;;/h2H,1H3;;. The monoisotopic (exact) mass is 83.0 g/mol. The topological polar surface area (TPSA) is 20.2 Å². The molecule has 0 aromatic carbocycles. The van der Waals surface area contributed by atoms with Gasteiger partial charge in [-0.25, -0.2) is 0 Å². The van der Waals surface area contributed by atoms with Gasteiger partial charge in [0.1, 0.15) is 0 Å². The molecular weight excluding hydrogens is 79.3 g/mol. The molecule has 4 heavy (non-hydrogen) atoms. The Bertz CT molecular complexity index is 8.00. The van der Waals surface area contributed by atoms with E-state index >= 15 is 0 Å². The Morgan fingerprint density at radius 3 is 1.25 bits per heavy atom. The summed E-state index contributed by atoms with van der Waals surface area (Å²) in [5.74, 6) is 0. The zero-order valence-corrected chi connectivity index (χ0v) is 5.30. The largest absolute Gasteiger partial charge is 0.400 e. The lowest BCUT2D eigenvalue weighted by atomic mass is 11.8. The first-order chi connectivity index (χ1) is 1.00. The van der Waals surface area contributed by atoms with Crippen LogP contribution in [0.4, 0.5) is 0 Å². The summed E-state index contributed by atoms with van der Waals surface area (Å²) in [5, 5.41) is 7.00. The molecule has 0 aromatic rings. The fourth-order valence-corrected chi connectivity index (χ4v) is 0. The van der Waals surface area contributed by atoms with Crippen LogP contribution in [-0.4, -0.2) is 52.6 Å². The van der Waals surface area contributed by atoms with Crippen molar-refractivity contribution in [3.8, 4) is 0 Å². The summed E-state index contributed by atoms with van der Waals surface area (Å²) >= 11 is 0. The van der Waals surface area contributed by atoms with E-state index in [1.807, 2.05) is 0 Å². The number of rotatable bonds is 0. The van der Waals surface area contributed by atoms with Gasteiger partial charge in [-0.05, 0) is 0 Å². The molecule has 0 saturated carbocycles. The molecular formula is CH4AlMgO. The summed E-state index contributed by atoms with van der Waals surface area (Å²) in [7, 11) is 1.00. The van der Waals surface area contributed by atoms with Crippen LogP contribution in [0.5, 0.6) is 0 Å². The second kappa shape index (κ2) is 28.5. The fourth-order valence-electron chi connectivity index (χ4n) is 0. The zero-order chi connectivity index (χ0) is 2.00. The Labute approximate surface area is 52.7 Å². The van der Waals surface area contributed by atoms with Gasteiger partial charge in [-0.3, -0.25) is 0 Å². The predicted molar refractivity (Wildman–Crippen MR) is 19.7 cm³/mol.